The number of ether oxygens (including phenoxy) is 1. The molecular formula is C16H25F2NO. The van der Waals surface area contributed by atoms with Gasteiger partial charge in [-0.2, -0.15) is 0 Å². The Bertz CT molecular complexity index is 392. The maximum Gasteiger partial charge on any atom is 0.162 e. The van der Waals surface area contributed by atoms with Crippen molar-refractivity contribution in [2.24, 2.45) is 0 Å². The van der Waals surface area contributed by atoms with Crippen molar-refractivity contribution in [2.75, 3.05) is 13.2 Å². The van der Waals surface area contributed by atoms with Gasteiger partial charge in [0.25, 0.3) is 0 Å². The number of halogens is 2. The molecule has 2 nitrogen and oxygen atoms in total. The first kappa shape index (κ1) is 17.1. The van der Waals surface area contributed by atoms with Gasteiger partial charge in [0, 0.05) is 12.6 Å². The Morgan fingerprint density at radius 1 is 1.20 bits per heavy atom. The van der Waals surface area contributed by atoms with Crippen molar-refractivity contribution in [1.29, 1.82) is 0 Å². The predicted octanol–water partition coefficient (Wildman–Crippen LogP) is 3.69. The average Bonchev–Trinajstić information content (AvgIpc) is 2.43. The van der Waals surface area contributed by atoms with E-state index in [1.807, 2.05) is 13.8 Å². The molecule has 0 radical (unpaired) electrons. The Morgan fingerprint density at radius 2 is 1.95 bits per heavy atom. The second kappa shape index (κ2) is 9.03. The third-order valence-corrected chi connectivity index (χ3v) is 3.34. The van der Waals surface area contributed by atoms with Gasteiger partial charge in [-0.1, -0.05) is 32.4 Å². The molecule has 1 rings (SSSR count). The molecule has 0 bridgehead atoms. The molecule has 4 heteroatoms. The van der Waals surface area contributed by atoms with Crippen LogP contribution >= 0.6 is 0 Å². The molecule has 114 valence electrons. The molecule has 20 heavy (non-hydrogen) atoms. The zero-order valence-electron chi connectivity index (χ0n) is 12.6. The van der Waals surface area contributed by atoms with Gasteiger partial charge in [0.1, 0.15) is 0 Å². The van der Waals surface area contributed by atoms with Crippen molar-refractivity contribution in [3.63, 3.8) is 0 Å². The maximum absolute atomic E-state index is 13.8. The molecular weight excluding hydrogens is 260 g/mol. The first-order valence-electron chi connectivity index (χ1n) is 7.41. The maximum atomic E-state index is 13.8. The number of nitrogens with one attached hydrogen (secondary N) is 1. The minimum atomic E-state index is -0.791. The van der Waals surface area contributed by atoms with Crippen LogP contribution in [0.15, 0.2) is 18.2 Å². The summed E-state index contributed by atoms with van der Waals surface area (Å²) in [5, 5.41) is 3.33. The van der Waals surface area contributed by atoms with Gasteiger partial charge in [-0.3, -0.25) is 0 Å². The average molecular weight is 285 g/mol. The summed E-state index contributed by atoms with van der Waals surface area (Å²) in [5.41, 5.74) is 0.400. The summed E-state index contributed by atoms with van der Waals surface area (Å²) in [6.07, 6.45) is 2.36. The van der Waals surface area contributed by atoms with E-state index in [1.165, 1.54) is 0 Å². The molecule has 0 spiro atoms. The Labute approximate surface area is 120 Å². The van der Waals surface area contributed by atoms with Crippen LogP contribution in [0.3, 0.4) is 0 Å². The van der Waals surface area contributed by atoms with Crippen LogP contribution in [0.4, 0.5) is 8.78 Å². The van der Waals surface area contributed by atoms with Gasteiger partial charge in [0.05, 0.1) is 6.10 Å². The van der Waals surface area contributed by atoms with Crippen molar-refractivity contribution in [2.45, 2.75) is 52.2 Å². The van der Waals surface area contributed by atoms with E-state index in [-0.39, 0.29) is 12.1 Å². The highest BCUT2D eigenvalue weighted by atomic mass is 19.2. The lowest BCUT2D eigenvalue weighted by Crippen LogP contribution is -2.43. The number of hydrogen-bond acceptors (Lipinski definition) is 2. The molecule has 0 aliphatic rings. The van der Waals surface area contributed by atoms with Gasteiger partial charge in [-0.05, 0) is 37.9 Å². The first-order valence-corrected chi connectivity index (χ1v) is 7.41. The fourth-order valence-electron chi connectivity index (χ4n) is 2.44. The second-order valence-electron chi connectivity index (χ2n) is 4.86. The highest BCUT2D eigenvalue weighted by Crippen LogP contribution is 2.17. The highest BCUT2D eigenvalue weighted by molar-refractivity contribution is 5.20. The zero-order valence-corrected chi connectivity index (χ0v) is 12.6. The monoisotopic (exact) mass is 285 g/mol. The minimum Gasteiger partial charge on any atom is -0.377 e. The molecule has 0 heterocycles. The summed E-state index contributed by atoms with van der Waals surface area (Å²) in [6, 6.07) is 4.33. The summed E-state index contributed by atoms with van der Waals surface area (Å²) in [4.78, 5) is 0. The number of benzene rings is 1. The quantitative estimate of drug-likeness (QED) is 0.747. The Kier molecular flexibility index (Phi) is 7.70. The summed E-state index contributed by atoms with van der Waals surface area (Å²) in [6.45, 7) is 7.45. The summed E-state index contributed by atoms with van der Waals surface area (Å²) in [7, 11) is 0. The number of hydrogen-bond donors (Lipinski definition) is 1. The lowest BCUT2D eigenvalue weighted by atomic mass is 9.97. The van der Waals surface area contributed by atoms with E-state index >= 15 is 0 Å². The van der Waals surface area contributed by atoms with Crippen LogP contribution in [0.1, 0.15) is 39.2 Å². The molecule has 0 amide bonds. The fraction of sp³-hybridized carbons (Fsp3) is 0.625. The van der Waals surface area contributed by atoms with Gasteiger partial charge >= 0.3 is 0 Å². The smallest absolute Gasteiger partial charge is 0.162 e. The Hall–Kier alpha value is -1.00. The fourth-order valence-corrected chi connectivity index (χ4v) is 2.44. The molecule has 1 aromatic rings. The molecule has 1 N–H and O–H groups in total. The molecule has 0 fully saturated rings. The van der Waals surface area contributed by atoms with Gasteiger partial charge < -0.3 is 10.1 Å². The molecule has 0 saturated heterocycles. The van der Waals surface area contributed by atoms with Crippen LogP contribution in [-0.2, 0) is 11.2 Å². The van der Waals surface area contributed by atoms with Gasteiger partial charge in [-0.25, -0.2) is 8.78 Å². The molecule has 0 aromatic heterocycles. The zero-order chi connectivity index (χ0) is 15.0. The topological polar surface area (TPSA) is 21.3 Å². The van der Waals surface area contributed by atoms with E-state index in [9.17, 15) is 8.78 Å². The highest BCUT2D eigenvalue weighted by Gasteiger charge is 2.22. The molecule has 2 unspecified atom stereocenters. The summed E-state index contributed by atoms with van der Waals surface area (Å²) < 4.78 is 32.8. The van der Waals surface area contributed by atoms with Crippen LogP contribution in [0.5, 0.6) is 0 Å². The third kappa shape index (κ3) is 4.84. The SMILES string of the molecule is CCCC(OCC)C(Cc1cccc(F)c1F)NCC. The summed E-state index contributed by atoms with van der Waals surface area (Å²) >= 11 is 0. The number of rotatable bonds is 9. The Morgan fingerprint density at radius 3 is 2.55 bits per heavy atom. The van der Waals surface area contributed by atoms with Crippen LogP contribution < -0.4 is 5.32 Å². The Balaban J connectivity index is 2.86. The lowest BCUT2D eigenvalue weighted by Gasteiger charge is -2.28. The molecule has 2 atom stereocenters. The first-order chi connectivity index (χ1) is 9.63. The van der Waals surface area contributed by atoms with Crippen molar-refractivity contribution >= 4 is 0 Å². The van der Waals surface area contributed by atoms with E-state index in [0.29, 0.717) is 18.6 Å². The molecule has 0 aliphatic carbocycles. The normalized spacial score (nSPS) is 14.2. The largest absolute Gasteiger partial charge is 0.377 e. The van der Waals surface area contributed by atoms with E-state index < -0.39 is 11.6 Å². The summed E-state index contributed by atoms with van der Waals surface area (Å²) in [5.74, 6) is -1.54. The predicted molar refractivity (Wildman–Crippen MR) is 77.8 cm³/mol. The van der Waals surface area contributed by atoms with Crippen LogP contribution in [-0.4, -0.2) is 25.3 Å². The van der Waals surface area contributed by atoms with E-state index in [2.05, 4.69) is 12.2 Å². The molecule has 0 aliphatic heterocycles. The number of likely N-dealkylation sites (N-methyl/N-ethyl adjacent to an activating group) is 1. The van der Waals surface area contributed by atoms with Gasteiger partial charge in [0.15, 0.2) is 11.6 Å². The van der Waals surface area contributed by atoms with Crippen LogP contribution in [0.2, 0.25) is 0 Å². The second-order valence-corrected chi connectivity index (χ2v) is 4.86. The standard InChI is InChI=1S/C16H25F2NO/c1-4-8-15(20-6-3)14(19-5-2)11-12-9-7-10-13(17)16(12)18/h7,9-10,14-15,19H,4-6,8,11H2,1-3H3. The van der Waals surface area contributed by atoms with Crippen molar-refractivity contribution < 1.29 is 13.5 Å². The van der Waals surface area contributed by atoms with Crippen LogP contribution in [0.25, 0.3) is 0 Å². The van der Waals surface area contributed by atoms with Gasteiger partial charge in [0.2, 0.25) is 0 Å². The van der Waals surface area contributed by atoms with E-state index in [4.69, 9.17) is 4.74 Å². The van der Waals surface area contributed by atoms with Crippen molar-refractivity contribution in [3.8, 4) is 0 Å². The van der Waals surface area contributed by atoms with Crippen LogP contribution in [0, 0.1) is 11.6 Å². The molecule has 1 aromatic carbocycles. The van der Waals surface area contributed by atoms with Gasteiger partial charge in [-0.15, -0.1) is 0 Å². The van der Waals surface area contributed by atoms with E-state index in [1.54, 1.807) is 12.1 Å². The van der Waals surface area contributed by atoms with Crippen molar-refractivity contribution in [3.05, 3.63) is 35.4 Å². The minimum absolute atomic E-state index is 0.00352. The third-order valence-electron chi connectivity index (χ3n) is 3.34. The lowest BCUT2D eigenvalue weighted by molar-refractivity contribution is 0.0283. The molecule has 0 saturated carbocycles. The van der Waals surface area contributed by atoms with Crippen molar-refractivity contribution in [1.82, 2.24) is 5.32 Å². The van der Waals surface area contributed by atoms with E-state index in [0.717, 1.165) is 25.5 Å².